The van der Waals surface area contributed by atoms with Gasteiger partial charge in [-0.25, -0.2) is 0 Å². The SMILES string of the molecule is Cc1ccc(OCC(=O)N2CCC3(CC2)CO[C@H](CN2CC[C@@H](O)C2)C3)cc1. The summed E-state index contributed by atoms with van der Waals surface area (Å²) in [4.78, 5) is 16.8. The predicted molar refractivity (Wildman–Crippen MR) is 106 cm³/mol. The summed E-state index contributed by atoms with van der Waals surface area (Å²) in [5.74, 6) is 0.809. The fourth-order valence-corrected chi connectivity index (χ4v) is 4.73. The van der Waals surface area contributed by atoms with Gasteiger partial charge >= 0.3 is 0 Å². The lowest BCUT2D eigenvalue weighted by molar-refractivity contribution is -0.135. The second-order valence-corrected chi connectivity index (χ2v) is 8.82. The van der Waals surface area contributed by atoms with Crippen LogP contribution in [0.5, 0.6) is 5.75 Å². The Hall–Kier alpha value is -1.63. The number of hydrogen-bond acceptors (Lipinski definition) is 5. The third kappa shape index (κ3) is 4.67. The molecule has 1 N–H and O–H groups in total. The molecule has 4 rings (SSSR count). The zero-order valence-corrected chi connectivity index (χ0v) is 16.8. The summed E-state index contributed by atoms with van der Waals surface area (Å²) in [5.41, 5.74) is 1.40. The van der Waals surface area contributed by atoms with Crippen LogP contribution in [0.15, 0.2) is 24.3 Å². The van der Waals surface area contributed by atoms with E-state index in [1.54, 1.807) is 0 Å². The molecule has 0 bridgehead atoms. The standard InChI is InChI=1S/C22H32N2O4/c1-17-2-4-19(5-3-17)27-15-21(26)24-10-7-22(8-11-24)12-20(28-16-22)14-23-9-6-18(25)13-23/h2-5,18,20,25H,6-16H2,1H3/t18-,20+/m1/s1. The molecule has 3 fully saturated rings. The van der Waals surface area contributed by atoms with E-state index in [9.17, 15) is 9.90 Å². The van der Waals surface area contributed by atoms with Gasteiger partial charge in [0.05, 0.1) is 18.8 Å². The molecule has 6 nitrogen and oxygen atoms in total. The molecule has 1 amide bonds. The summed E-state index contributed by atoms with van der Waals surface area (Å²) >= 11 is 0. The van der Waals surface area contributed by atoms with Gasteiger partial charge in [-0.1, -0.05) is 17.7 Å². The Morgan fingerprint density at radius 2 is 2.00 bits per heavy atom. The second kappa shape index (κ2) is 8.39. The number of aliphatic hydroxyl groups excluding tert-OH is 1. The summed E-state index contributed by atoms with van der Waals surface area (Å²) in [6.45, 7) is 7.18. The quantitative estimate of drug-likeness (QED) is 0.834. The third-order valence-corrected chi connectivity index (χ3v) is 6.56. The summed E-state index contributed by atoms with van der Waals surface area (Å²) in [7, 11) is 0. The van der Waals surface area contributed by atoms with Crippen molar-refractivity contribution in [2.75, 3.05) is 45.9 Å². The summed E-state index contributed by atoms with van der Waals surface area (Å²) in [6.07, 6.45) is 4.04. The number of benzene rings is 1. The highest BCUT2D eigenvalue weighted by Crippen LogP contribution is 2.42. The Morgan fingerprint density at radius 3 is 2.68 bits per heavy atom. The maximum absolute atomic E-state index is 12.5. The smallest absolute Gasteiger partial charge is 0.260 e. The van der Waals surface area contributed by atoms with Crippen molar-refractivity contribution in [2.24, 2.45) is 5.41 Å². The monoisotopic (exact) mass is 388 g/mol. The summed E-state index contributed by atoms with van der Waals surface area (Å²) in [6, 6.07) is 7.79. The molecular formula is C22H32N2O4. The molecule has 1 spiro atoms. The van der Waals surface area contributed by atoms with E-state index in [1.807, 2.05) is 36.1 Å². The van der Waals surface area contributed by atoms with Crippen LogP contribution in [0.1, 0.15) is 31.2 Å². The van der Waals surface area contributed by atoms with E-state index >= 15 is 0 Å². The number of rotatable bonds is 5. The van der Waals surface area contributed by atoms with Crippen LogP contribution in [0, 0.1) is 12.3 Å². The first-order valence-corrected chi connectivity index (χ1v) is 10.5. The largest absolute Gasteiger partial charge is 0.484 e. The molecule has 28 heavy (non-hydrogen) atoms. The minimum Gasteiger partial charge on any atom is -0.484 e. The van der Waals surface area contributed by atoms with E-state index in [0.717, 1.165) is 70.8 Å². The number of piperidine rings is 1. The van der Waals surface area contributed by atoms with E-state index in [1.165, 1.54) is 5.56 Å². The minimum absolute atomic E-state index is 0.0666. The van der Waals surface area contributed by atoms with E-state index in [0.29, 0.717) is 0 Å². The average molecular weight is 389 g/mol. The number of aliphatic hydroxyl groups is 1. The molecule has 0 aliphatic carbocycles. The van der Waals surface area contributed by atoms with Crippen molar-refractivity contribution in [3.05, 3.63) is 29.8 Å². The van der Waals surface area contributed by atoms with Gasteiger partial charge in [0, 0.05) is 32.7 Å². The molecule has 154 valence electrons. The van der Waals surface area contributed by atoms with E-state index in [-0.39, 0.29) is 30.1 Å². The number of ether oxygens (including phenoxy) is 2. The van der Waals surface area contributed by atoms with Crippen LogP contribution in [0.2, 0.25) is 0 Å². The molecule has 2 atom stereocenters. The Balaban J connectivity index is 1.21. The van der Waals surface area contributed by atoms with E-state index < -0.39 is 0 Å². The van der Waals surface area contributed by atoms with Crippen LogP contribution in [0.4, 0.5) is 0 Å². The Kier molecular flexibility index (Phi) is 5.90. The molecule has 0 saturated carbocycles. The number of nitrogens with zero attached hydrogens (tertiary/aromatic N) is 2. The van der Waals surface area contributed by atoms with Gasteiger partial charge in [-0.05, 0) is 50.2 Å². The molecule has 1 aromatic rings. The molecule has 3 aliphatic heterocycles. The summed E-state index contributed by atoms with van der Waals surface area (Å²) < 4.78 is 11.8. The second-order valence-electron chi connectivity index (χ2n) is 8.82. The van der Waals surface area contributed by atoms with Crippen LogP contribution in [-0.2, 0) is 9.53 Å². The van der Waals surface area contributed by atoms with Crippen molar-refractivity contribution in [2.45, 2.75) is 44.8 Å². The lowest BCUT2D eigenvalue weighted by Crippen LogP contribution is -2.45. The fourth-order valence-electron chi connectivity index (χ4n) is 4.73. The first-order valence-electron chi connectivity index (χ1n) is 10.5. The van der Waals surface area contributed by atoms with Crippen LogP contribution >= 0.6 is 0 Å². The average Bonchev–Trinajstić information content (AvgIpc) is 3.28. The molecular weight excluding hydrogens is 356 g/mol. The number of β-amino-alcohol motifs (C(OH)–C–C–N with tert-alkyl or cyclic N) is 1. The molecule has 0 aromatic heterocycles. The minimum atomic E-state index is -0.174. The number of carbonyl (C=O) groups is 1. The highest BCUT2D eigenvalue weighted by atomic mass is 16.5. The van der Waals surface area contributed by atoms with Gasteiger partial charge < -0.3 is 19.5 Å². The van der Waals surface area contributed by atoms with Crippen LogP contribution < -0.4 is 4.74 Å². The van der Waals surface area contributed by atoms with Crippen molar-refractivity contribution in [1.82, 2.24) is 9.80 Å². The zero-order valence-electron chi connectivity index (χ0n) is 16.8. The summed E-state index contributed by atoms with van der Waals surface area (Å²) in [5, 5.41) is 9.70. The molecule has 3 aliphatic rings. The zero-order chi connectivity index (χ0) is 19.6. The molecule has 0 radical (unpaired) electrons. The predicted octanol–water partition coefficient (Wildman–Crippen LogP) is 1.84. The lowest BCUT2D eigenvalue weighted by Gasteiger charge is -2.38. The lowest BCUT2D eigenvalue weighted by atomic mass is 9.76. The fraction of sp³-hybridized carbons (Fsp3) is 0.682. The first-order chi connectivity index (χ1) is 13.5. The van der Waals surface area contributed by atoms with Crippen molar-refractivity contribution in [3.63, 3.8) is 0 Å². The number of amides is 1. The van der Waals surface area contributed by atoms with Gasteiger partial charge in [-0.2, -0.15) is 0 Å². The van der Waals surface area contributed by atoms with Crippen LogP contribution in [-0.4, -0.2) is 79.0 Å². The van der Waals surface area contributed by atoms with Gasteiger partial charge in [-0.15, -0.1) is 0 Å². The van der Waals surface area contributed by atoms with Crippen LogP contribution in [0.3, 0.4) is 0 Å². The Bertz CT molecular complexity index is 670. The highest BCUT2D eigenvalue weighted by molar-refractivity contribution is 5.77. The van der Waals surface area contributed by atoms with Crippen LogP contribution in [0.25, 0.3) is 0 Å². The van der Waals surface area contributed by atoms with Gasteiger partial charge in [0.2, 0.25) is 0 Å². The maximum Gasteiger partial charge on any atom is 0.260 e. The highest BCUT2D eigenvalue weighted by Gasteiger charge is 2.43. The van der Waals surface area contributed by atoms with Gasteiger partial charge in [-0.3, -0.25) is 9.69 Å². The Labute approximate surface area is 167 Å². The number of likely N-dealkylation sites (tertiary alicyclic amines) is 2. The normalized spacial score (nSPS) is 27.4. The molecule has 3 heterocycles. The van der Waals surface area contributed by atoms with Gasteiger partial charge in [0.25, 0.3) is 5.91 Å². The van der Waals surface area contributed by atoms with E-state index in [4.69, 9.17) is 9.47 Å². The number of hydrogen-bond donors (Lipinski definition) is 1. The van der Waals surface area contributed by atoms with Crippen molar-refractivity contribution >= 4 is 5.91 Å². The van der Waals surface area contributed by atoms with Gasteiger partial charge in [0.15, 0.2) is 6.61 Å². The van der Waals surface area contributed by atoms with Gasteiger partial charge in [0.1, 0.15) is 5.75 Å². The maximum atomic E-state index is 12.5. The van der Waals surface area contributed by atoms with Crippen molar-refractivity contribution < 1.29 is 19.4 Å². The molecule has 1 aromatic carbocycles. The molecule has 3 saturated heterocycles. The number of aryl methyl sites for hydroxylation is 1. The molecule has 0 unspecified atom stereocenters. The van der Waals surface area contributed by atoms with Crippen molar-refractivity contribution in [3.8, 4) is 5.75 Å². The topological polar surface area (TPSA) is 62.2 Å². The molecule has 6 heteroatoms. The van der Waals surface area contributed by atoms with E-state index in [2.05, 4.69) is 4.90 Å². The first kappa shape index (κ1) is 19.7. The van der Waals surface area contributed by atoms with Crippen molar-refractivity contribution in [1.29, 1.82) is 0 Å². The third-order valence-electron chi connectivity index (χ3n) is 6.56. The number of carbonyl (C=O) groups excluding carboxylic acids is 1. The Morgan fingerprint density at radius 1 is 1.25 bits per heavy atom.